The summed E-state index contributed by atoms with van der Waals surface area (Å²) < 4.78 is 18.3. The van der Waals surface area contributed by atoms with E-state index in [4.69, 9.17) is 14.2 Å². The van der Waals surface area contributed by atoms with Crippen molar-refractivity contribution in [3.05, 3.63) is 58.7 Å². The molecule has 5 heteroatoms. The third-order valence-corrected chi connectivity index (χ3v) is 5.49. The van der Waals surface area contributed by atoms with Gasteiger partial charge in [0.05, 0.1) is 32.6 Å². The fourth-order valence-corrected chi connectivity index (χ4v) is 4.29. The van der Waals surface area contributed by atoms with E-state index in [2.05, 4.69) is 36.6 Å². The highest BCUT2D eigenvalue weighted by molar-refractivity contribution is 5.99. The number of ether oxygens (including phenoxy) is 3. The summed E-state index contributed by atoms with van der Waals surface area (Å²) in [6.45, 7) is 4.92. The molecule has 1 aliphatic rings. The highest BCUT2D eigenvalue weighted by Crippen LogP contribution is 2.42. The van der Waals surface area contributed by atoms with Gasteiger partial charge in [0.1, 0.15) is 0 Å². The summed E-state index contributed by atoms with van der Waals surface area (Å²) in [5, 5.41) is 0. The first-order valence-electron chi connectivity index (χ1n) is 9.62. The van der Waals surface area contributed by atoms with Crippen LogP contribution in [-0.2, 0) is 17.7 Å². The predicted molar refractivity (Wildman–Crippen MR) is 113 cm³/mol. The number of fused-ring (bicyclic) bond motifs is 3. The van der Waals surface area contributed by atoms with E-state index in [0.717, 1.165) is 46.6 Å². The van der Waals surface area contributed by atoms with Crippen molar-refractivity contribution in [1.82, 2.24) is 4.57 Å². The average Bonchev–Trinajstić information content (AvgIpc) is 3.11. The zero-order valence-corrected chi connectivity index (χ0v) is 17.5. The van der Waals surface area contributed by atoms with E-state index in [-0.39, 0.29) is 5.97 Å². The Morgan fingerprint density at radius 3 is 2.17 bits per heavy atom. The molecule has 0 aliphatic carbocycles. The van der Waals surface area contributed by atoms with Crippen molar-refractivity contribution in [2.45, 2.75) is 26.8 Å². The van der Waals surface area contributed by atoms with Gasteiger partial charge < -0.3 is 18.8 Å². The lowest BCUT2D eigenvalue weighted by Gasteiger charge is -2.23. The van der Waals surface area contributed by atoms with Crippen LogP contribution in [0.2, 0.25) is 0 Å². The number of rotatable bonds is 4. The summed E-state index contributed by atoms with van der Waals surface area (Å²) in [6, 6.07) is 12.3. The molecule has 0 radical (unpaired) electrons. The zero-order valence-electron chi connectivity index (χ0n) is 17.5. The number of benzene rings is 2. The summed E-state index contributed by atoms with van der Waals surface area (Å²) in [6.07, 6.45) is 0.843. The van der Waals surface area contributed by atoms with Gasteiger partial charge in [-0.3, -0.25) is 0 Å². The van der Waals surface area contributed by atoms with E-state index in [1.165, 1.54) is 12.7 Å². The number of carbonyl (C=O) groups is 1. The molecular weight excluding hydrogens is 366 g/mol. The van der Waals surface area contributed by atoms with Crippen LogP contribution < -0.4 is 9.47 Å². The Labute approximate surface area is 170 Å². The van der Waals surface area contributed by atoms with Gasteiger partial charge in [-0.25, -0.2) is 4.79 Å². The molecule has 5 nitrogen and oxygen atoms in total. The Morgan fingerprint density at radius 2 is 1.55 bits per heavy atom. The largest absolute Gasteiger partial charge is 0.493 e. The third kappa shape index (κ3) is 3.16. The maximum Gasteiger partial charge on any atom is 0.340 e. The molecule has 2 aromatic carbocycles. The van der Waals surface area contributed by atoms with Gasteiger partial charge in [-0.2, -0.15) is 0 Å². The van der Waals surface area contributed by atoms with Crippen molar-refractivity contribution in [3.8, 4) is 34.0 Å². The molecule has 0 saturated heterocycles. The van der Waals surface area contributed by atoms with Crippen LogP contribution >= 0.6 is 0 Å². The number of nitrogens with zero attached hydrogens (tertiary/aromatic N) is 1. The lowest BCUT2D eigenvalue weighted by Crippen LogP contribution is -2.13. The Balaban J connectivity index is 1.99. The van der Waals surface area contributed by atoms with Crippen molar-refractivity contribution >= 4 is 5.97 Å². The Hall–Kier alpha value is -3.21. The summed E-state index contributed by atoms with van der Waals surface area (Å²) in [5.41, 5.74) is 8.04. The second-order valence-corrected chi connectivity index (χ2v) is 7.43. The van der Waals surface area contributed by atoms with Gasteiger partial charge >= 0.3 is 5.97 Å². The van der Waals surface area contributed by atoms with Crippen LogP contribution in [0, 0.1) is 13.8 Å². The molecule has 0 bridgehead atoms. The maximum atomic E-state index is 12.7. The molecule has 1 aliphatic heterocycles. The number of methoxy groups -OCH3 is 3. The molecular formula is C24H25NO4. The lowest BCUT2D eigenvalue weighted by atomic mass is 9.97. The van der Waals surface area contributed by atoms with Crippen LogP contribution in [0.25, 0.3) is 22.5 Å². The second kappa shape index (κ2) is 7.32. The fraction of sp³-hybridized carbons (Fsp3) is 0.292. The zero-order chi connectivity index (χ0) is 20.7. The predicted octanol–water partition coefficient (Wildman–Crippen LogP) is 4.80. The van der Waals surface area contributed by atoms with Gasteiger partial charge in [0.15, 0.2) is 11.5 Å². The summed E-state index contributed by atoms with van der Waals surface area (Å²) in [5.74, 6) is 1.06. The summed E-state index contributed by atoms with van der Waals surface area (Å²) in [4.78, 5) is 12.7. The summed E-state index contributed by atoms with van der Waals surface area (Å²) >= 11 is 0. The molecule has 0 unspecified atom stereocenters. The highest BCUT2D eigenvalue weighted by atomic mass is 16.5. The minimum absolute atomic E-state index is 0.330. The molecule has 0 spiro atoms. The van der Waals surface area contributed by atoms with Gasteiger partial charge in [-0.15, -0.1) is 0 Å². The lowest BCUT2D eigenvalue weighted by molar-refractivity contribution is 0.0601. The maximum absolute atomic E-state index is 12.7. The van der Waals surface area contributed by atoms with E-state index in [9.17, 15) is 4.79 Å². The van der Waals surface area contributed by atoms with Gasteiger partial charge in [0.2, 0.25) is 0 Å². The fourth-order valence-electron chi connectivity index (χ4n) is 4.29. The van der Waals surface area contributed by atoms with Crippen molar-refractivity contribution in [2.75, 3.05) is 21.3 Å². The van der Waals surface area contributed by atoms with Crippen LogP contribution in [0.4, 0.5) is 0 Å². The highest BCUT2D eigenvalue weighted by Gasteiger charge is 2.28. The Kier molecular flexibility index (Phi) is 4.82. The van der Waals surface area contributed by atoms with Gasteiger partial charge in [-0.1, -0.05) is 17.2 Å². The first kappa shape index (κ1) is 19.1. The van der Waals surface area contributed by atoms with E-state index >= 15 is 0 Å². The first-order valence-corrected chi connectivity index (χ1v) is 9.62. The standard InChI is InChI=1S/C24H25NO4/c1-14-8-15(2)10-17(9-14)23-19(24(26)29-5)12-20-18-13-22(28-4)21(27-3)11-16(18)6-7-25(20)23/h8-13H,6-7H2,1-5H3. The Bertz CT molecular complexity index is 1090. The molecule has 0 saturated carbocycles. The monoisotopic (exact) mass is 391 g/mol. The molecule has 0 N–H and O–H groups in total. The number of carbonyl (C=O) groups excluding carboxylic acids is 1. The Morgan fingerprint density at radius 1 is 0.897 bits per heavy atom. The normalized spacial score (nSPS) is 12.2. The molecule has 0 fully saturated rings. The van der Waals surface area contributed by atoms with Gasteiger partial charge in [-0.05, 0) is 61.7 Å². The number of hydrogen-bond donors (Lipinski definition) is 0. The van der Waals surface area contributed by atoms with Crippen molar-refractivity contribution in [3.63, 3.8) is 0 Å². The van der Waals surface area contributed by atoms with Crippen LogP contribution in [-0.4, -0.2) is 31.9 Å². The van der Waals surface area contributed by atoms with Crippen LogP contribution in [0.15, 0.2) is 36.4 Å². The summed E-state index contributed by atoms with van der Waals surface area (Å²) in [7, 11) is 4.70. The minimum Gasteiger partial charge on any atom is -0.493 e. The van der Waals surface area contributed by atoms with Crippen LogP contribution in [0.1, 0.15) is 27.0 Å². The molecule has 0 atom stereocenters. The quantitative estimate of drug-likeness (QED) is 0.600. The van der Waals surface area contributed by atoms with E-state index in [1.54, 1.807) is 14.2 Å². The molecule has 4 rings (SSSR count). The first-order chi connectivity index (χ1) is 14.0. The van der Waals surface area contributed by atoms with Crippen molar-refractivity contribution in [2.24, 2.45) is 0 Å². The average molecular weight is 391 g/mol. The van der Waals surface area contributed by atoms with Crippen LogP contribution in [0.3, 0.4) is 0 Å². The minimum atomic E-state index is -0.330. The van der Waals surface area contributed by atoms with E-state index in [1.807, 2.05) is 18.2 Å². The molecule has 29 heavy (non-hydrogen) atoms. The van der Waals surface area contributed by atoms with Gasteiger partial charge in [0.25, 0.3) is 0 Å². The topological polar surface area (TPSA) is 49.7 Å². The van der Waals surface area contributed by atoms with Crippen molar-refractivity contribution in [1.29, 1.82) is 0 Å². The van der Waals surface area contributed by atoms with E-state index < -0.39 is 0 Å². The smallest absolute Gasteiger partial charge is 0.340 e. The van der Waals surface area contributed by atoms with E-state index in [0.29, 0.717) is 17.1 Å². The molecule has 150 valence electrons. The van der Waals surface area contributed by atoms with Gasteiger partial charge in [0, 0.05) is 17.8 Å². The molecule has 2 heterocycles. The molecule has 0 amide bonds. The van der Waals surface area contributed by atoms with Crippen LogP contribution in [0.5, 0.6) is 11.5 Å². The number of hydrogen-bond acceptors (Lipinski definition) is 4. The SMILES string of the molecule is COC(=O)c1cc2n(c1-c1cc(C)cc(C)c1)CCc1cc(OC)c(OC)cc1-2. The van der Waals surface area contributed by atoms with Crippen molar-refractivity contribution < 1.29 is 19.0 Å². The molecule has 1 aromatic heterocycles. The number of aromatic nitrogens is 1. The number of aryl methyl sites for hydroxylation is 3. The molecule has 3 aromatic rings. The third-order valence-electron chi connectivity index (χ3n) is 5.49. The second-order valence-electron chi connectivity index (χ2n) is 7.43. The number of esters is 1.